The first-order valence-electron chi connectivity index (χ1n) is 10.4. The van der Waals surface area contributed by atoms with E-state index in [0.717, 1.165) is 16.9 Å². The van der Waals surface area contributed by atoms with Crippen molar-refractivity contribution < 1.29 is 14.3 Å². The highest BCUT2D eigenvalue weighted by Gasteiger charge is 2.29. The maximum absolute atomic E-state index is 13.2. The van der Waals surface area contributed by atoms with Gasteiger partial charge in [0.05, 0.1) is 12.9 Å². The Kier molecular flexibility index (Phi) is 10.2. The number of ether oxygens (including phenoxy) is 1. The average molecular weight is 463 g/mol. The third-order valence-electron chi connectivity index (χ3n) is 4.77. The molecule has 1 N–H and O–H groups in total. The number of carbonyl (C=O) groups excluding carboxylic acids is 2. The largest absolute Gasteiger partial charge is 0.497 e. The molecule has 0 spiro atoms. The number of hydrogen-bond acceptors (Lipinski definition) is 4. The minimum absolute atomic E-state index is 0.00302. The van der Waals surface area contributed by atoms with Gasteiger partial charge < -0.3 is 15.0 Å². The molecule has 0 heterocycles. The Morgan fingerprint density at radius 1 is 1.13 bits per heavy atom. The topological polar surface area (TPSA) is 58.6 Å². The molecule has 5 nitrogen and oxygen atoms in total. The Balaban J connectivity index is 2.12. The predicted molar refractivity (Wildman–Crippen MR) is 129 cm³/mol. The molecule has 0 aliphatic carbocycles. The molecule has 1 unspecified atom stereocenters. The van der Waals surface area contributed by atoms with Crippen molar-refractivity contribution in [3.05, 3.63) is 64.7 Å². The van der Waals surface area contributed by atoms with Crippen LogP contribution in [0, 0.1) is 0 Å². The number of thioether (sulfide) groups is 1. The van der Waals surface area contributed by atoms with Gasteiger partial charge in [-0.15, -0.1) is 11.8 Å². The zero-order valence-corrected chi connectivity index (χ0v) is 20.1. The van der Waals surface area contributed by atoms with Crippen molar-refractivity contribution in [2.24, 2.45) is 0 Å². The van der Waals surface area contributed by atoms with Crippen molar-refractivity contribution in [3.63, 3.8) is 0 Å². The summed E-state index contributed by atoms with van der Waals surface area (Å²) in [5.74, 6) is 1.56. The molecule has 2 amide bonds. The summed E-state index contributed by atoms with van der Waals surface area (Å²) >= 11 is 7.87. The lowest BCUT2D eigenvalue weighted by atomic mass is 10.1. The lowest BCUT2D eigenvalue weighted by molar-refractivity contribution is -0.139. The Morgan fingerprint density at radius 2 is 1.81 bits per heavy atom. The first-order valence-corrected chi connectivity index (χ1v) is 11.9. The average Bonchev–Trinajstić information content (AvgIpc) is 2.74. The van der Waals surface area contributed by atoms with Crippen LogP contribution in [0.4, 0.5) is 0 Å². The fraction of sp³-hybridized carbons (Fsp3) is 0.417. The maximum atomic E-state index is 13.2. The fourth-order valence-corrected chi connectivity index (χ4v) is 4.24. The second-order valence-corrected chi connectivity index (χ2v) is 8.93. The van der Waals surface area contributed by atoms with Gasteiger partial charge in [0.15, 0.2) is 0 Å². The SMILES string of the molecule is CCC(C(=O)NC(C)C)N(Cc1ccccc1Cl)C(=O)CSCc1ccc(OC)cc1. The molecule has 1 atom stereocenters. The Morgan fingerprint density at radius 3 is 2.39 bits per heavy atom. The molecule has 0 saturated carbocycles. The molecule has 2 aromatic rings. The van der Waals surface area contributed by atoms with Gasteiger partial charge in [0.25, 0.3) is 0 Å². The molecule has 7 heteroatoms. The predicted octanol–water partition coefficient (Wildman–Crippen LogP) is 4.91. The van der Waals surface area contributed by atoms with Gasteiger partial charge in [0.2, 0.25) is 11.8 Å². The van der Waals surface area contributed by atoms with Gasteiger partial charge in [-0.2, -0.15) is 0 Å². The molecule has 2 aromatic carbocycles. The van der Waals surface area contributed by atoms with Crippen LogP contribution < -0.4 is 10.1 Å². The second-order valence-electron chi connectivity index (χ2n) is 7.54. The number of nitrogens with zero attached hydrogens (tertiary/aromatic N) is 1. The molecule has 0 radical (unpaired) electrons. The van der Waals surface area contributed by atoms with E-state index in [-0.39, 0.29) is 23.6 Å². The first-order chi connectivity index (χ1) is 14.8. The third-order valence-corrected chi connectivity index (χ3v) is 6.13. The van der Waals surface area contributed by atoms with Crippen molar-refractivity contribution in [1.82, 2.24) is 10.2 Å². The van der Waals surface area contributed by atoms with Crippen LogP contribution in [0.3, 0.4) is 0 Å². The summed E-state index contributed by atoms with van der Waals surface area (Å²) < 4.78 is 5.18. The van der Waals surface area contributed by atoms with E-state index < -0.39 is 6.04 Å². The fourth-order valence-electron chi connectivity index (χ4n) is 3.17. The van der Waals surface area contributed by atoms with E-state index in [1.807, 2.05) is 63.2 Å². The van der Waals surface area contributed by atoms with Crippen molar-refractivity contribution >= 4 is 35.2 Å². The highest BCUT2D eigenvalue weighted by atomic mass is 35.5. The highest BCUT2D eigenvalue weighted by molar-refractivity contribution is 7.99. The van der Waals surface area contributed by atoms with E-state index in [2.05, 4.69) is 5.32 Å². The smallest absolute Gasteiger partial charge is 0.243 e. The maximum Gasteiger partial charge on any atom is 0.243 e. The minimum atomic E-state index is -0.548. The molecule has 0 bridgehead atoms. The number of hydrogen-bond donors (Lipinski definition) is 1. The standard InChI is InChI=1S/C24H31ClN2O3S/c1-5-22(24(29)26-17(2)3)27(14-19-8-6-7-9-21(19)25)23(28)16-31-15-18-10-12-20(30-4)13-11-18/h6-13,17,22H,5,14-16H2,1-4H3,(H,26,29). The van der Waals surface area contributed by atoms with Gasteiger partial charge in [-0.3, -0.25) is 9.59 Å². The zero-order chi connectivity index (χ0) is 22.8. The van der Waals surface area contributed by atoms with Crippen LogP contribution in [0.15, 0.2) is 48.5 Å². The van der Waals surface area contributed by atoms with Gasteiger partial charge in [-0.05, 0) is 49.6 Å². The summed E-state index contributed by atoms with van der Waals surface area (Å²) in [6.45, 7) is 6.04. The second kappa shape index (κ2) is 12.6. The molecule has 0 fully saturated rings. The van der Waals surface area contributed by atoms with Crippen molar-refractivity contribution in [1.29, 1.82) is 0 Å². The van der Waals surface area contributed by atoms with Crippen LogP contribution in [0.2, 0.25) is 5.02 Å². The van der Waals surface area contributed by atoms with E-state index in [9.17, 15) is 9.59 Å². The quantitative estimate of drug-likeness (QED) is 0.515. The molecular formula is C24H31ClN2O3S. The zero-order valence-electron chi connectivity index (χ0n) is 18.6. The van der Waals surface area contributed by atoms with E-state index in [1.54, 1.807) is 18.1 Å². The van der Waals surface area contributed by atoms with E-state index in [4.69, 9.17) is 16.3 Å². The number of nitrogens with one attached hydrogen (secondary N) is 1. The van der Waals surface area contributed by atoms with Crippen LogP contribution in [-0.4, -0.2) is 41.7 Å². The van der Waals surface area contributed by atoms with Gasteiger partial charge in [0, 0.05) is 23.4 Å². The molecule has 0 saturated heterocycles. The molecule has 0 aromatic heterocycles. The number of benzene rings is 2. The molecule has 31 heavy (non-hydrogen) atoms. The monoisotopic (exact) mass is 462 g/mol. The third kappa shape index (κ3) is 7.78. The van der Waals surface area contributed by atoms with Crippen LogP contribution in [0.25, 0.3) is 0 Å². The molecule has 168 valence electrons. The number of carbonyl (C=O) groups is 2. The van der Waals surface area contributed by atoms with Crippen LogP contribution in [0.1, 0.15) is 38.3 Å². The molecule has 0 aliphatic rings. The normalized spacial score (nSPS) is 11.8. The van der Waals surface area contributed by atoms with Gasteiger partial charge in [-0.25, -0.2) is 0 Å². The summed E-state index contributed by atoms with van der Waals surface area (Å²) in [4.78, 5) is 27.7. The van der Waals surface area contributed by atoms with E-state index >= 15 is 0 Å². The number of methoxy groups -OCH3 is 1. The summed E-state index contributed by atoms with van der Waals surface area (Å²) in [5, 5.41) is 3.53. The summed E-state index contributed by atoms with van der Waals surface area (Å²) in [6.07, 6.45) is 0.526. The van der Waals surface area contributed by atoms with Gasteiger partial charge in [0.1, 0.15) is 11.8 Å². The summed E-state index contributed by atoms with van der Waals surface area (Å²) in [6, 6.07) is 14.7. The van der Waals surface area contributed by atoms with E-state index in [0.29, 0.717) is 23.7 Å². The number of amides is 2. The number of halogens is 1. The molecule has 2 rings (SSSR count). The lowest BCUT2D eigenvalue weighted by Gasteiger charge is -2.31. The summed E-state index contributed by atoms with van der Waals surface area (Å²) in [5.41, 5.74) is 1.94. The van der Waals surface area contributed by atoms with Crippen molar-refractivity contribution in [2.75, 3.05) is 12.9 Å². The summed E-state index contributed by atoms with van der Waals surface area (Å²) in [7, 11) is 1.63. The van der Waals surface area contributed by atoms with Crippen LogP contribution in [-0.2, 0) is 21.9 Å². The van der Waals surface area contributed by atoms with Gasteiger partial charge >= 0.3 is 0 Å². The van der Waals surface area contributed by atoms with E-state index in [1.165, 1.54) is 11.8 Å². The Bertz CT molecular complexity index is 858. The van der Waals surface area contributed by atoms with Crippen LogP contribution in [0.5, 0.6) is 5.75 Å². The Hall–Kier alpha value is -2.18. The lowest BCUT2D eigenvalue weighted by Crippen LogP contribution is -2.51. The first kappa shape index (κ1) is 25.1. The molecule has 0 aliphatic heterocycles. The van der Waals surface area contributed by atoms with Crippen molar-refractivity contribution in [2.45, 2.75) is 51.6 Å². The van der Waals surface area contributed by atoms with Crippen LogP contribution >= 0.6 is 23.4 Å². The Labute approximate surface area is 194 Å². The van der Waals surface area contributed by atoms with Crippen molar-refractivity contribution in [3.8, 4) is 5.75 Å². The molecular weight excluding hydrogens is 432 g/mol. The number of rotatable bonds is 11. The highest BCUT2D eigenvalue weighted by Crippen LogP contribution is 2.22. The minimum Gasteiger partial charge on any atom is -0.497 e. The van der Waals surface area contributed by atoms with Gasteiger partial charge in [-0.1, -0.05) is 48.9 Å².